The van der Waals surface area contributed by atoms with Crippen LogP contribution in [0.5, 0.6) is 0 Å². The van der Waals surface area contributed by atoms with Crippen LogP contribution in [0.15, 0.2) is 33.7 Å². The Morgan fingerprint density at radius 1 is 1.38 bits per heavy atom. The lowest BCUT2D eigenvalue weighted by atomic mass is 10.2. The molecule has 0 spiro atoms. The maximum Gasteiger partial charge on any atom is 0.136 e. The number of hydrogen-bond acceptors (Lipinski definition) is 3. The molecule has 0 saturated carbocycles. The molecule has 2 nitrogen and oxygen atoms in total. The van der Waals surface area contributed by atoms with Crippen molar-refractivity contribution < 1.29 is 4.42 Å². The van der Waals surface area contributed by atoms with Gasteiger partial charge in [0.25, 0.3) is 0 Å². The number of aliphatic imine (C=N–C) groups is 1. The van der Waals surface area contributed by atoms with Crippen molar-refractivity contribution in [1.29, 1.82) is 0 Å². The average molecular weight is 189 g/mol. The second kappa shape index (κ2) is 3.13. The van der Waals surface area contributed by atoms with Gasteiger partial charge >= 0.3 is 0 Å². The van der Waals surface area contributed by atoms with E-state index in [9.17, 15) is 0 Å². The first-order chi connectivity index (χ1) is 6.33. The maximum absolute atomic E-state index is 5.47. The molecule has 2 aromatic rings. The minimum Gasteiger partial charge on any atom is -0.459 e. The van der Waals surface area contributed by atoms with Crippen LogP contribution in [0.4, 0.5) is 5.69 Å². The standard InChI is InChI=1S/C10H7NOS/c1-7-10(11-6-13)8-4-2-3-5-9(8)12-7/h2-5H,1H3. The zero-order chi connectivity index (χ0) is 9.26. The van der Waals surface area contributed by atoms with Crippen LogP contribution in [-0.2, 0) is 0 Å². The molecule has 0 aliphatic carbocycles. The summed E-state index contributed by atoms with van der Waals surface area (Å²) < 4.78 is 5.47. The third-order valence-corrected chi connectivity index (χ3v) is 1.99. The monoisotopic (exact) mass is 189 g/mol. The molecule has 0 aliphatic rings. The fourth-order valence-electron chi connectivity index (χ4n) is 1.34. The van der Waals surface area contributed by atoms with Crippen LogP contribution in [0.2, 0.25) is 0 Å². The SMILES string of the molecule is Cc1oc2ccccc2c1N=C=S. The highest BCUT2D eigenvalue weighted by Gasteiger charge is 2.07. The molecule has 0 saturated heterocycles. The summed E-state index contributed by atoms with van der Waals surface area (Å²) in [5.41, 5.74) is 1.62. The van der Waals surface area contributed by atoms with Crippen molar-refractivity contribution in [3.8, 4) is 0 Å². The van der Waals surface area contributed by atoms with Gasteiger partial charge in [-0.25, -0.2) is 0 Å². The van der Waals surface area contributed by atoms with Crippen molar-refractivity contribution in [3.63, 3.8) is 0 Å². The number of thiocarbonyl (C=S) groups is 1. The van der Waals surface area contributed by atoms with E-state index >= 15 is 0 Å². The van der Waals surface area contributed by atoms with E-state index in [1.807, 2.05) is 31.2 Å². The minimum absolute atomic E-state index is 0.776. The Kier molecular flexibility index (Phi) is 1.97. The van der Waals surface area contributed by atoms with E-state index in [0.717, 1.165) is 22.4 Å². The molecule has 0 aliphatic heterocycles. The molecular weight excluding hydrogens is 182 g/mol. The van der Waals surface area contributed by atoms with Crippen LogP contribution in [0.1, 0.15) is 5.76 Å². The summed E-state index contributed by atoms with van der Waals surface area (Å²) in [5, 5.41) is 3.34. The second-order valence-corrected chi connectivity index (χ2v) is 2.89. The van der Waals surface area contributed by atoms with Crippen LogP contribution in [-0.4, -0.2) is 5.16 Å². The Bertz CT molecular complexity index is 495. The van der Waals surface area contributed by atoms with Gasteiger partial charge in [-0.1, -0.05) is 12.1 Å². The summed E-state index contributed by atoms with van der Waals surface area (Å²) in [4.78, 5) is 3.97. The predicted octanol–water partition coefficient (Wildman–Crippen LogP) is 3.48. The van der Waals surface area contributed by atoms with Gasteiger partial charge in [-0.05, 0) is 31.3 Å². The number of benzene rings is 1. The molecule has 0 radical (unpaired) electrons. The molecule has 2 rings (SSSR count). The van der Waals surface area contributed by atoms with E-state index in [2.05, 4.69) is 22.4 Å². The lowest BCUT2D eigenvalue weighted by Gasteiger charge is -1.85. The summed E-state index contributed by atoms with van der Waals surface area (Å²) in [6.45, 7) is 1.87. The molecule has 1 heterocycles. The third-order valence-electron chi connectivity index (χ3n) is 1.90. The topological polar surface area (TPSA) is 25.5 Å². The van der Waals surface area contributed by atoms with E-state index in [0.29, 0.717) is 0 Å². The molecule has 0 fully saturated rings. The summed E-state index contributed by atoms with van der Waals surface area (Å²) in [5.74, 6) is 0.776. The first kappa shape index (κ1) is 8.17. The van der Waals surface area contributed by atoms with Gasteiger partial charge in [0.15, 0.2) is 0 Å². The molecule has 3 heteroatoms. The Labute approximate surface area is 80.9 Å². The highest BCUT2D eigenvalue weighted by molar-refractivity contribution is 7.78. The fourth-order valence-corrected chi connectivity index (χ4v) is 1.43. The van der Waals surface area contributed by atoms with Crippen molar-refractivity contribution in [1.82, 2.24) is 0 Å². The highest BCUT2D eigenvalue weighted by atomic mass is 32.1. The third kappa shape index (κ3) is 1.28. The summed E-state index contributed by atoms with van der Waals surface area (Å²) >= 11 is 4.56. The van der Waals surface area contributed by atoms with Crippen LogP contribution in [0.3, 0.4) is 0 Å². The van der Waals surface area contributed by atoms with Crippen molar-refractivity contribution in [2.24, 2.45) is 4.99 Å². The number of isothiocyanates is 1. The van der Waals surface area contributed by atoms with E-state index in [1.165, 1.54) is 0 Å². The minimum atomic E-state index is 0.776. The Morgan fingerprint density at radius 3 is 2.92 bits per heavy atom. The molecule has 1 aromatic heterocycles. The maximum atomic E-state index is 5.47. The van der Waals surface area contributed by atoms with E-state index < -0.39 is 0 Å². The van der Waals surface area contributed by atoms with Gasteiger partial charge in [0, 0.05) is 5.39 Å². The second-order valence-electron chi connectivity index (χ2n) is 2.71. The van der Waals surface area contributed by atoms with Gasteiger partial charge in [0.1, 0.15) is 17.0 Å². The summed E-state index contributed by atoms with van der Waals surface area (Å²) in [7, 11) is 0. The molecule has 64 valence electrons. The number of rotatable bonds is 1. The van der Waals surface area contributed by atoms with Crippen LogP contribution < -0.4 is 0 Å². The number of para-hydroxylation sites is 1. The first-order valence-electron chi connectivity index (χ1n) is 3.89. The van der Waals surface area contributed by atoms with Gasteiger partial charge in [0.05, 0.1) is 5.16 Å². The number of furan rings is 1. The van der Waals surface area contributed by atoms with Gasteiger partial charge < -0.3 is 4.42 Å². The fraction of sp³-hybridized carbons (Fsp3) is 0.100. The van der Waals surface area contributed by atoms with Crippen molar-refractivity contribution in [3.05, 3.63) is 30.0 Å². The Balaban J connectivity index is 2.85. The van der Waals surface area contributed by atoms with Crippen molar-refractivity contribution >= 4 is 34.0 Å². The van der Waals surface area contributed by atoms with Crippen molar-refractivity contribution in [2.45, 2.75) is 6.92 Å². The zero-order valence-corrected chi connectivity index (χ0v) is 7.89. The van der Waals surface area contributed by atoms with Crippen LogP contribution in [0.25, 0.3) is 11.0 Å². The Morgan fingerprint density at radius 2 is 2.15 bits per heavy atom. The molecule has 0 amide bonds. The number of aryl methyl sites for hydroxylation is 1. The zero-order valence-electron chi connectivity index (χ0n) is 7.07. The summed E-state index contributed by atoms with van der Waals surface area (Å²) in [6, 6.07) is 7.73. The van der Waals surface area contributed by atoms with Gasteiger partial charge in [-0.3, -0.25) is 0 Å². The molecular formula is C10H7NOS. The predicted molar refractivity (Wildman–Crippen MR) is 55.6 cm³/mol. The largest absolute Gasteiger partial charge is 0.459 e. The smallest absolute Gasteiger partial charge is 0.136 e. The normalized spacial score (nSPS) is 9.92. The number of hydrogen-bond donors (Lipinski definition) is 0. The van der Waals surface area contributed by atoms with Gasteiger partial charge in [-0.15, -0.1) is 0 Å². The molecule has 0 bridgehead atoms. The van der Waals surface area contributed by atoms with Gasteiger partial charge in [0.2, 0.25) is 0 Å². The van der Waals surface area contributed by atoms with Crippen LogP contribution >= 0.6 is 12.2 Å². The number of nitrogens with zero attached hydrogens (tertiary/aromatic N) is 1. The van der Waals surface area contributed by atoms with Crippen molar-refractivity contribution in [2.75, 3.05) is 0 Å². The van der Waals surface area contributed by atoms with Crippen LogP contribution in [0, 0.1) is 6.92 Å². The molecule has 1 aromatic carbocycles. The average Bonchev–Trinajstić information content (AvgIpc) is 2.44. The van der Waals surface area contributed by atoms with E-state index in [4.69, 9.17) is 4.42 Å². The van der Waals surface area contributed by atoms with Gasteiger partial charge in [-0.2, -0.15) is 4.99 Å². The quantitative estimate of drug-likeness (QED) is 0.507. The highest BCUT2D eigenvalue weighted by Crippen LogP contribution is 2.31. The van der Waals surface area contributed by atoms with E-state index in [1.54, 1.807) is 0 Å². The lowest BCUT2D eigenvalue weighted by Crippen LogP contribution is -1.63. The molecule has 0 unspecified atom stereocenters. The first-order valence-corrected chi connectivity index (χ1v) is 4.30. The lowest BCUT2D eigenvalue weighted by molar-refractivity contribution is 0.579. The molecule has 0 N–H and O–H groups in total. The van der Waals surface area contributed by atoms with E-state index in [-0.39, 0.29) is 0 Å². The molecule has 0 atom stereocenters. The number of fused-ring (bicyclic) bond motifs is 1. The Hall–Kier alpha value is -1.44. The summed E-state index contributed by atoms with van der Waals surface area (Å²) in [6.07, 6.45) is 0. The molecule has 13 heavy (non-hydrogen) atoms.